The number of nitrogens with one attached hydrogen (secondary N) is 1. The Morgan fingerprint density at radius 1 is 1.56 bits per heavy atom. The minimum Gasteiger partial charge on any atom is -0.466 e. The first-order valence-corrected chi connectivity index (χ1v) is 5.59. The Balaban J connectivity index is 1.86. The van der Waals surface area contributed by atoms with Crippen LogP contribution in [0.25, 0.3) is 0 Å². The third-order valence-corrected chi connectivity index (χ3v) is 3.05. The topological polar surface area (TPSA) is 62.5 Å². The number of aryl methyl sites for hydroxylation is 2. The van der Waals surface area contributed by atoms with E-state index < -0.39 is 0 Å². The molecule has 0 bridgehead atoms. The van der Waals surface area contributed by atoms with Gasteiger partial charge in [-0.1, -0.05) is 0 Å². The zero-order valence-corrected chi connectivity index (χ0v) is 9.62. The first-order valence-electron chi connectivity index (χ1n) is 5.59. The van der Waals surface area contributed by atoms with E-state index in [-0.39, 0.29) is 12.0 Å². The van der Waals surface area contributed by atoms with Crippen LogP contribution in [0.4, 0.5) is 0 Å². The third kappa shape index (κ3) is 2.27. The number of hydrogen-bond acceptors (Lipinski definition) is 3. The maximum Gasteiger partial charge on any atom is 0.254 e. The molecule has 0 aromatic carbocycles. The van der Waals surface area contributed by atoms with Crippen molar-refractivity contribution in [3.05, 3.63) is 23.2 Å². The molecule has 2 N–H and O–H groups in total. The second-order valence-electron chi connectivity index (χ2n) is 4.53. The van der Waals surface area contributed by atoms with E-state index in [0.717, 1.165) is 18.6 Å². The van der Waals surface area contributed by atoms with Crippen molar-refractivity contribution in [1.29, 1.82) is 0 Å². The summed E-state index contributed by atoms with van der Waals surface area (Å²) in [6.07, 6.45) is 1.42. The number of carbonyl (C=O) groups is 1. The van der Waals surface area contributed by atoms with Crippen LogP contribution in [0.15, 0.2) is 10.5 Å². The van der Waals surface area contributed by atoms with Crippen LogP contribution in [0.3, 0.4) is 0 Å². The highest BCUT2D eigenvalue weighted by atomic mass is 16.3. The van der Waals surface area contributed by atoms with Gasteiger partial charge in [-0.3, -0.25) is 4.79 Å². The molecular weight excluding hydrogens is 206 g/mol. The number of carbonyl (C=O) groups excluding carboxylic acids is 1. The highest BCUT2D eigenvalue weighted by Crippen LogP contribution is 2.26. The molecule has 4 heteroatoms. The molecule has 1 aromatic heterocycles. The molecular formula is C12H17NO3. The van der Waals surface area contributed by atoms with Crippen molar-refractivity contribution in [2.45, 2.75) is 32.8 Å². The van der Waals surface area contributed by atoms with E-state index in [2.05, 4.69) is 5.32 Å². The predicted molar refractivity (Wildman–Crippen MR) is 59.2 cm³/mol. The lowest BCUT2D eigenvalue weighted by atomic mass is 9.82. The van der Waals surface area contributed by atoms with Crippen LogP contribution >= 0.6 is 0 Å². The van der Waals surface area contributed by atoms with Gasteiger partial charge in [-0.25, -0.2) is 0 Å². The standard InChI is InChI=1S/C12H17NO3/c1-7-3-11(8(2)16-7)12(15)13-6-9-4-10(14)5-9/h3,9-10,14H,4-6H2,1-2H3,(H,13,15). The van der Waals surface area contributed by atoms with Gasteiger partial charge in [0.1, 0.15) is 11.5 Å². The molecule has 1 aliphatic carbocycles. The molecule has 16 heavy (non-hydrogen) atoms. The summed E-state index contributed by atoms with van der Waals surface area (Å²) in [5, 5.41) is 12.0. The molecule has 0 aliphatic heterocycles. The number of aliphatic hydroxyl groups excluding tert-OH is 1. The van der Waals surface area contributed by atoms with Crippen molar-refractivity contribution in [3.8, 4) is 0 Å². The molecule has 1 saturated carbocycles. The summed E-state index contributed by atoms with van der Waals surface area (Å²) in [7, 11) is 0. The average molecular weight is 223 g/mol. The molecule has 1 amide bonds. The van der Waals surface area contributed by atoms with Crippen molar-refractivity contribution in [1.82, 2.24) is 5.32 Å². The molecule has 0 radical (unpaired) electrons. The highest BCUT2D eigenvalue weighted by molar-refractivity contribution is 5.95. The van der Waals surface area contributed by atoms with Crippen molar-refractivity contribution >= 4 is 5.91 Å². The second kappa shape index (κ2) is 4.29. The third-order valence-electron chi connectivity index (χ3n) is 3.05. The Bertz CT molecular complexity index is 391. The van der Waals surface area contributed by atoms with Crippen LogP contribution in [0.1, 0.15) is 34.7 Å². The quantitative estimate of drug-likeness (QED) is 0.814. The fraction of sp³-hybridized carbons (Fsp3) is 0.583. The summed E-state index contributed by atoms with van der Waals surface area (Å²) in [5.74, 6) is 1.74. The number of rotatable bonds is 3. The predicted octanol–water partition coefficient (Wildman–Crippen LogP) is 1.40. The van der Waals surface area contributed by atoms with Crippen molar-refractivity contribution in [2.24, 2.45) is 5.92 Å². The summed E-state index contributed by atoms with van der Waals surface area (Å²) < 4.78 is 5.30. The number of aliphatic hydroxyl groups is 1. The van der Waals surface area contributed by atoms with Crippen LogP contribution in [0.5, 0.6) is 0 Å². The smallest absolute Gasteiger partial charge is 0.254 e. The van der Waals surface area contributed by atoms with Crippen LogP contribution in [0.2, 0.25) is 0 Å². The highest BCUT2D eigenvalue weighted by Gasteiger charge is 2.27. The van der Waals surface area contributed by atoms with E-state index >= 15 is 0 Å². The lowest BCUT2D eigenvalue weighted by Gasteiger charge is -2.31. The van der Waals surface area contributed by atoms with Gasteiger partial charge in [-0.15, -0.1) is 0 Å². The largest absolute Gasteiger partial charge is 0.466 e. The summed E-state index contributed by atoms with van der Waals surface area (Å²) >= 11 is 0. The average Bonchev–Trinajstić information content (AvgIpc) is 2.50. The minimum atomic E-state index is -0.167. The Labute approximate surface area is 94.6 Å². The van der Waals surface area contributed by atoms with Gasteiger partial charge in [0.15, 0.2) is 0 Å². The normalized spacial score (nSPS) is 23.9. The summed E-state index contributed by atoms with van der Waals surface area (Å²) in [6.45, 7) is 4.25. The zero-order chi connectivity index (χ0) is 11.7. The lowest BCUT2D eigenvalue weighted by molar-refractivity contribution is 0.0420. The molecule has 0 saturated heterocycles. The maximum absolute atomic E-state index is 11.8. The fourth-order valence-electron chi connectivity index (χ4n) is 2.06. The van der Waals surface area contributed by atoms with Crippen molar-refractivity contribution in [3.63, 3.8) is 0 Å². The summed E-state index contributed by atoms with van der Waals surface area (Å²) in [6, 6.07) is 1.75. The van der Waals surface area contributed by atoms with E-state index in [4.69, 9.17) is 9.52 Å². The lowest BCUT2D eigenvalue weighted by Crippen LogP contribution is -2.38. The molecule has 0 unspecified atom stereocenters. The van der Waals surface area contributed by atoms with Gasteiger partial charge in [0.05, 0.1) is 11.7 Å². The van der Waals surface area contributed by atoms with Gasteiger partial charge in [0.2, 0.25) is 0 Å². The molecule has 1 aliphatic rings. The Kier molecular flexibility index (Phi) is 3.01. The molecule has 2 rings (SSSR count). The molecule has 4 nitrogen and oxygen atoms in total. The summed E-state index contributed by atoms with van der Waals surface area (Å²) in [5.41, 5.74) is 0.609. The van der Waals surface area contributed by atoms with E-state index in [9.17, 15) is 4.79 Å². The van der Waals surface area contributed by atoms with E-state index in [1.807, 2.05) is 6.92 Å². The monoisotopic (exact) mass is 223 g/mol. The van der Waals surface area contributed by atoms with Gasteiger partial charge in [-0.05, 0) is 38.7 Å². The summed E-state index contributed by atoms with van der Waals surface area (Å²) in [4.78, 5) is 11.8. The van der Waals surface area contributed by atoms with Gasteiger partial charge >= 0.3 is 0 Å². The maximum atomic E-state index is 11.8. The van der Waals surface area contributed by atoms with Gasteiger partial charge in [0, 0.05) is 6.54 Å². The molecule has 1 aromatic rings. The van der Waals surface area contributed by atoms with E-state index in [0.29, 0.717) is 23.8 Å². The molecule has 0 spiro atoms. The molecule has 0 atom stereocenters. The number of furan rings is 1. The number of amides is 1. The Morgan fingerprint density at radius 2 is 2.25 bits per heavy atom. The van der Waals surface area contributed by atoms with Crippen molar-refractivity contribution in [2.75, 3.05) is 6.54 Å². The van der Waals surface area contributed by atoms with Gasteiger partial charge in [0.25, 0.3) is 5.91 Å². The van der Waals surface area contributed by atoms with E-state index in [1.54, 1.807) is 13.0 Å². The number of hydrogen-bond donors (Lipinski definition) is 2. The van der Waals surface area contributed by atoms with Gasteiger partial charge in [-0.2, -0.15) is 0 Å². The first-order chi connectivity index (χ1) is 7.56. The Hall–Kier alpha value is -1.29. The minimum absolute atomic E-state index is 0.0873. The Morgan fingerprint density at radius 3 is 2.75 bits per heavy atom. The first kappa shape index (κ1) is 11.2. The van der Waals surface area contributed by atoms with Crippen molar-refractivity contribution < 1.29 is 14.3 Å². The van der Waals surface area contributed by atoms with E-state index in [1.165, 1.54) is 0 Å². The van der Waals surface area contributed by atoms with Gasteiger partial charge < -0.3 is 14.8 Å². The van der Waals surface area contributed by atoms with Crippen LogP contribution in [-0.2, 0) is 0 Å². The SMILES string of the molecule is Cc1cc(C(=O)NCC2CC(O)C2)c(C)o1. The molecule has 88 valence electrons. The fourth-order valence-corrected chi connectivity index (χ4v) is 2.06. The van der Waals surface area contributed by atoms with Crippen LogP contribution in [-0.4, -0.2) is 23.7 Å². The molecule has 1 heterocycles. The zero-order valence-electron chi connectivity index (χ0n) is 9.62. The van der Waals surface area contributed by atoms with Crippen LogP contribution < -0.4 is 5.32 Å². The second-order valence-corrected chi connectivity index (χ2v) is 4.53. The van der Waals surface area contributed by atoms with Crippen LogP contribution in [0, 0.1) is 19.8 Å². The molecule has 1 fully saturated rings.